The molecule has 0 aromatic rings. The Morgan fingerprint density at radius 1 is 1.47 bits per heavy atom. The Labute approximate surface area is 102 Å². The predicted octanol–water partition coefficient (Wildman–Crippen LogP) is -0.201. The quantitative estimate of drug-likeness (QED) is 0.645. The molecule has 0 spiro atoms. The summed E-state index contributed by atoms with van der Waals surface area (Å²) in [6.45, 7) is 5.76. The smallest absolute Gasteiger partial charge is 0.304 e. The molecule has 2 atom stereocenters. The molecule has 0 fully saturated rings. The lowest BCUT2D eigenvalue weighted by Gasteiger charge is -2.23. The van der Waals surface area contributed by atoms with E-state index < -0.39 is 32.9 Å². The van der Waals surface area contributed by atoms with E-state index >= 15 is 0 Å². The van der Waals surface area contributed by atoms with Crippen LogP contribution < -0.4 is 5.73 Å². The zero-order chi connectivity index (χ0) is 13.9. The van der Waals surface area contributed by atoms with Crippen molar-refractivity contribution in [1.82, 2.24) is 0 Å². The average molecular weight is 267 g/mol. The van der Waals surface area contributed by atoms with Gasteiger partial charge in [0.05, 0.1) is 5.75 Å². The van der Waals surface area contributed by atoms with E-state index in [4.69, 9.17) is 5.73 Å². The first kappa shape index (κ1) is 16.3. The molecule has 0 aliphatic heterocycles. The van der Waals surface area contributed by atoms with Crippen molar-refractivity contribution in [2.45, 2.75) is 51.2 Å². The Kier molecular flexibility index (Phi) is 5.57. The lowest BCUT2D eigenvalue weighted by molar-refractivity contribution is -0.146. The molecule has 3 N–H and O–H groups in total. The van der Waals surface area contributed by atoms with Gasteiger partial charge in [0.1, 0.15) is 6.10 Å². The SMILES string of the molecule is CC(=O)OC(C(C)O)S(=O)(=O)CCC(C)(C)N. The van der Waals surface area contributed by atoms with Gasteiger partial charge in [-0.2, -0.15) is 0 Å². The molecule has 0 aliphatic carbocycles. The van der Waals surface area contributed by atoms with Crippen LogP contribution in [0.3, 0.4) is 0 Å². The second-order valence-corrected chi connectivity index (χ2v) is 7.02. The summed E-state index contributed by atoms with van der Waals surface area (Å²) in [5.41, 5.74) is 3.53. The fraction of sp³-hybridized carbons (Fsp3) is 0.900. The Bertz CT molecular complexity index is 355. The van der Waals surface area contributed by atoms with Crippen molar-refractivity contribution in [3.05, 3.63) is 0 Å². The van der Waals surface area contributed by atoms with Gasteiger partial charge in [-0.1, -0.05) is 0 Å². The highest BCUT2D eigenvalue weighted by Crippen LogP contribution is 2.14. The molecule has 0 aromatic heterocycles. The molecule has 0 aliphatic rings. The maximum absolute atomic E-state index is 11.9. The van der Waals surface area contributed by atoms with Gasteiger partial charge in [0.2, 0.25) is 5.44 Å². The van der Waals surface area contributed by atoms with Crippen LogP contribution in [0.4, 0.5) is 0 Å². The van der Waals surface area contributed by atoms with E-state index in [9.17, 15) is 18.3 Å². The molecule has 0 heterocycles. The number of rotatable bonds is 6. The molecular formula is C10H21NO5S. The summed E-state index contributed by atoms with van der Waals surface area (Å²) in [6, 6.07) is 0. The number of esters is 1. The second kappa shape index (κ2) is 5.79. The second-order valence-electron chi connectivity index (χ2n) is 4.82. The Hall–Kier alpha value is -0.660. The van der Waals surface area contributed by atoms with Crippen molar-refractivity contribution in [3.63, 3.8) is 0 Å². The monoisotopic (exact) mass is 267 g/mol. The fourth-order valence-corrected chi connectivity index (χ4v) is 3.08. The van der Waals surface area contributed by atoms with Crippen LogP contribution in [-0.2, 0) is 19.4 Å². The third-order valence-corrected chi connectivity index (χ3v) is 4.03. The van der Waals surface area contributed by atoms with E-state index in [1.54, 1.807) is 13.8 Å². The van der Waals surface area contributed by atoms with E-state index in [-0.39, 0.29) is 12.2 Å². The van der Waals surface area contributed by atoms with Crippen LogP contribution in [0.1, 0.15) is 34.1 Å². The van der Waals surface area contributed by atoms with E-state index in [0.717, 1.165) is 6.92 Å². The van der Waals surface area contributed by atoms with Crippen molar-refractivity contribution >= 4 is 15.8 Å². The van der Waals surface area contributed by atoms with Gasteiger partial charge in [0.25, 0.3) is 0 Å². The van der Waals surface area contributed by atoms with Gasteiger partial charge in [-0.25, -0.2) is 8.42 Å². The average Bonchev–Trinajstić information content (AvgIpc) is 2.09. The molecule has 17 heavy (non-hydrogen) atoms. The Morgan fingerprint density at radius 2 is 1.94 bits per heavy atom. The van der Waals surface area contributed by atoms with Crippen molar-refractivity contribution < 1.29 is 23.1 Å². The third kappa shape index (κ3) is 6.60. The maximum atomic E-state index is 11.9. The topological polar surface area (TPSA) is 107 Å². The van der Waals surface area contributed by atoms with Gasteiger partial charge in [-0.15, -0.1) is 0 Å². The van der Waals surface area contributed by atoms with Crippen LogP contribution in [0.15, 0.2) is 0 Å². The zero-order valence-corrected chi connectivity index (χ0v) is 11.5. The highest BCUT2D eigenvalue weighted by atomic mass is 32.2. The molecule has 0 aromatic carbocycles. The highest BCUT2D eigenvalue weighted by Gasteiger charge is 2.33. The molecule has 2 unspecified atom stereocenters. The molecule has 0 bridgehead atoms. The lowest BCUT2D eigenvalue weighted by atomic mass is 10.0. The first-order valence-corrected chi connectivity index (χ1v) is 7.03. The summed E-state index contributed by atoms with van der Waals surface area (Å²) in [4.78, 5) is 10.8. The first-order valence-electron chi connectivity index (χ1n) is 5.31. The molecule has 0 saturated carbocycles. The molecule has 0 radical (unpaired) electrons. The molecule has 0 amide bonds. The standard InChI is InChI=1S/C10H21NO5S/c1-7(12)9(16-8(2)13)17(14,15)6-5-10(3,4)11/h7,9,12H,5-6,11H2,1-4H3. The van der Waals surface area contributed by atoms with Crippen LogP contribution in [0.25, 0.3) is 0 Å². The van der Waals surface area contributed by atoms with Gasteiger partial charge in [-0.3, -0.25) is 4.79 Å². The zero-order valence-electron chi connectivity index (χ0n) is 10.6. The lowest BCUT2D eigenvalue weighted by Crippen LogP contribution is -2.41. The number of carbonyl (C=O) groups excluding carboxylic acids is 1. The largest absolute Gasteiger partial charge is 0.443 e. The highest BCUT2D eigenvalue weighted by molar-refractivity contribution is 7.91. The first-order chi connectivity index (χ1) is 7.46. The molecule has 6 nitrogen and oxygen atoms in total. The minimum atomic E-state index is -3.72. The van der Waals surface area contributed by atoms with Crippen LogP contribution in [0.5, 0.6) is 0 Å². The summed E-state index contributed by atoms with van der Waals surface area (Å²) in [5.74, 6) is -0.981. The van der Waals surface area contributed by atoms with E-state index in [0.29, 0.717) is 0 Å². The summed E-state index contributed by atoms with van der Waals surface area (Å²) >= 11 is 0. The number of sulfone groups is 1. The summed E-state index contributed by atoms with van der Waals surface area (Å²) in [7, 11) is -3.72. The van der Waals surface area contributed by atoms with Gasteiger partial charge in [0, 0.05) is 12.5 Å². The fourth-order valence-electron chi connectivity index (χ4n) is 1.16. The minimum Gasteiger partial charge on any atom is -0.443 e. The van der Waals surface area contributed by atoms with Crippen molar-refractivity contribution in [2.75, 3.05) is 5.75 Å². The third-order valence-electron chi connectivity index (χ3n) is 2.06. The number of carbonyl (C=O) groups is 1. The molecular weight excluding hydrogens is 246 g/mol. The van der Waals surface area contributed by atoms with Crippen molar-refractivity contribution in [1.29, 1.82) is 0 Å². The number of aliphatic hydroxyl groups excluding tert-OH is 1. The van der Waals surface area contributed by atoms with E-state index in [1.165, 1.54) is 6.92 Å². The van der Waals surface area contributed by atoms with E-state index in [2.05, 4.69) is 4.74 Å². The van der Waals surface area contributed by atoms with Crippen LogP contribution >= 0.6 is 0 Å². The summed E-state index contributed by atoms with van der Waals surface area (Å²) in [5, 5.41) is 9.34. The summed E-state index contributed by atoms with van der Waals surface area (Å²) < 4.78 is 28.3. The molecule has 7 heteroatoms. The van der Waals surface area contributed by atoms with Crippen LogP contribution in [0, 0.1) is 0 Å². The number of ether oxygens (including phenoxy) is 1. The number of hydrogen-bond donors (Lipinski definition) is 2. The van der Waals surface area contributed by atoms with Crippen molar-refractivity contribution in [3.8, 4) is 0 Å². The van der Waals surface area contributed by atoms with Gasteiger partial charge in [0.15, 0.2) is 9.84 Å². The molecule has 0 saturated heterocycles. The van der Waals surface area contributed by atoms with Gasteiger partial charge < -0.3 is 15.6 Å². The van der Waals surface area contributed by atoms with Crippen molar-refractivity contribution in [2.24, 2.45) is 5.73 Å². The van der Waals surface area contributed by atoms with E-state index in [1.807, 2.05) is 0 Å². The Morgan fingerprint density at radius 3 is 2.24 bits per heavy atom. The maximum Gasteiger partial charge on any atom is 0.304 e. The Balaban J connectivity index is 4.79. The molecule has 0 rings (SSSR count). The number of hydrogen-bond acceptors (Lipinski definition) is 6. The predicted molar refractivity (Wildman–Crippen MR) is 63.9 cm³/mol. The summed E-state index contributed by atoms with van der Waals surface area (Å²) in [6.07, 6.45) is -1.05. The number of nitrogens with two attached hydrogens (primary N) is 1. The normalized spacial score (nSPS) is 16.4. The van der Waals surface area contributed by atoms with Gasteiger partial charge >= 0.3 is 5.97 Å². The van der Waals surface area contributed by atoms with Crippen LogP contribution in [-0.4, -0.2) is 42.3 Å². The van der Waals surface area contributed by atoms with Gasteiger partial charge in [-0.05, 0) is 27.2 Å². The molecule has 102 valence electrons. The minimum absolute atomic E-state index is 0.222. The van der Waals surface area contributed by atoms with Crippen LogP contribution in [0.2, 0.25) is 0 Å². The number of aliphatic hydroxyl groups is 1.